The van der Waals surface area contributed by atoms with E-state index in [4.69, 9.17) is 10.00 Å². The highest BCUT2D eigenvalue weighted by Gasteiger charge is 2.13. The van der Waals surface area contributed by atoms with E-state index in [2.05, 4.69) is 16.0 Å². The third-order valence-electron chi connectivity index (χ3n) is 3.98. The Bertz CT molecular complexity index is 1020. The maximum Gasteiger partial charge on any atom is 0.338 e. The molecular formula is C22H19N3O2S. The first-order valence-corrected chi connectivity index (χ1v) is 9.73. The third-order valence-corrected chi connectivity index (χ3v) is 4.88. The smallest absolute Gasteiger partial charge is 0.338 e. The molecule has 6 heteroatoms. The van der Waals surface area contributed by atoms with E-state index < -0.39 is 0 Å². The Balaban J connectivity index is 1.68. The summed E-state index contributed by atoms with van der Waals surface area (Å²) in [5.41, 5.74) is 4.55. The van der Waals surface area contributed by atoms with Gasteiger partial charge >= 0.3 is 5.97 Å². The van der Waals surface area contributed by atoms with Gasteiger partial charge in [-0.05, 0) is 49.2 Å². The van der Waals surface area contributed by atoms with Crippen LogP contribution in [0.2, 0.25) is 0 Å². The fraction of sp³-hybridized carbons (Fsp3) is 0.182. The second-order valence-electron chi connectivity index (χ2n) is 6.27. The van der Waals surface area contributed by atoms with Gasteiger partial charge in [0, 0.05) is 17.1 Å². The lowest BCUT2D eigenvalue weighted by atomic mass is 10.1. The fourth-order valence-electron chi connectivity index (χ4n) is 2.70. The third kappa shape index (κ3) is 5.18. The predicted octanol–water partition coefficient (Wildman–Crippen LogP) is 4.61. The summed E-state index contributed by atoms with van der Waals surface area (Å²) >= 11 is 1.49. The Hall–Kier alpha value is -3.17. The number of carbonyl (C=O) groups is 1. The molecule has 0 spiro atoms. The van der Waals surface area contributed by atoms with Crippen molar-refractivity contribution in [1.82, 2.24) is 9.97 Å². The molecule has 0 unspecified atom stereocenters. The van der Waals surface area contributed by atoms with Gasteiger partial charge in [-0.15, -0.1) is 0 Å². The lowest BCUT2D eigenvalue weighted by Crippen LogP contribution is -2.08. The van der Waals surface area contributed by atoms with Crippen LogP contribution in [0.1, 0.15) is 38.4 Å². The van der Waals surface area contributed by atoms with Crippen LogP contribution in [0.3, 0.4) is 0 Å². The highest BCUT2D eigenvalue weighted by atomic mass is 32.2. The Morgan fingerprint density at radius 3 is 2.57 bits per heavy atom. The van der Waals surface area contributed by atoms with Crippen molar-refractivity contribution in [3.63, 3.8) is 0 Å². The van der Waals surface area contributed by atoms with Gasteiger partial charge < -0.3 is 4.74 Å². The zero-order chi connectivity index (χ0) is 19.9. The monoisotopic (exact) mass is 389 g/mol. The first-order chi connectivity index (χ1) is 13.5. The van der Waals surface area contributed by atoms with Crippen LogP contribution in [0.15, 0.2) is 59.8 Å². The quantitative estimate of drug-likeness (QED) is 0.348. The Morgan fingerprint density at radius 2 is 1.82 bits per heavy atom. The van der Waals surface area contributed by atoms with Gasteiger partial charge in [-0.25, -0.2) is 14.8 Å². The van der Waals surface area contributed by atoms with Crippen molar-refractivity contribution in [3.05, 3.63) is 88.2 Å². The minimum atomic E-state index is -0.389. The van der Waals surface area contributed by atoms with Crippen LogP contribution in [-0.2, 0) is 17.1 Å². The van der Waals surface area contributed by atoms with Crippen LogP contribution >= 0.6 is 11.8 Å². The van der Waals surface area contributed by atoms with Crippen LogP contribution in [-0.4, -0.2) is 15.9 Å². The molecule has 1 aromatic heterocycles. The largest absolute Gasteiger partial charge is 0.457 e. The number of carbonyl (C=O) groups excluding carboxylic acids is 1. The summed E-state index contributed by atoms with van der Waals surface area (Å²) in [6.45, 7) is 3.99. The fourth-order valence-corrected chi connectivity index (χ4v) is 3.66. The molecule has 0 fully saturated rings. The Kier molecular flexibility index (Phi) is 6.41. The SMILES string of the molecule is Cc1cc(C)nc(SCc2ccccc2C(=O)OCc2cccc(C#N)c2)n1. The first-order valence-electron chi connectivity index (χ1n) is 8.74. The predicted molar refractivity (Wildman–Crippen MR) is 108 cm³/mol. The minimum absolute atomic E-state index is 0.121. The summed E-state index contributed by atoms with van der Waals surface area (Å²) in [5.74, 6) is 0.179. The summed E-state index contributed by atoms with van der Waals surface area (Å²) in [7, 11) is 0. The molecule has 0 bridgehead atoms. The molecule has 3 aromatic rings. The van der Waals surface area contributed by atoms with E-state index in [0.717, 1.165) is 22.5 Å². The van der Waals surface area contributed by atoms with Crippen LogP contribution in [0.4, 0.5) is 0 Å². The highest BCUT2D eigenvalue weighted by Crippen LogP contribution is 2.23. The molecule has 0 atom stereocenters. The maximum atomic E-state index is 12.6. The van der Waals surface area contributed by atoms with Crippen molar-refractivity contribution in [2.75, 3.05) is 0 Å². The van der Waals surface area contributed by atoms with Gasteiger partial charge in [0.15, 0.2) is 5.16 Å². The molecule has 0 N–H and O–H groups in total. The minimum Gasteiger partial charge on any atom is -0.457 e. The number of aromatic nitrogens is 2. The van der Waals surface area contributed by atoms with Crippen molar-refractivity contribution >= 4 is 17.7 Å². The molecular weight excluding hydrogens is 370 g/mol. The van der Waals surface area contributed by atoms with Gasteiger partial charge in [-0.1, -0.05) is 42.1 Å². The Labute approximate surface area is 168 Å². The summed E-state index contributed by atoms with van der Waals surface area (Å²) < 4.78 is 5.46. The van der Waals surface area contributed by atoms with Crippen LogP contribution in [0.5, 0.6) is 0 Å². The van der Waals surface area contributed by atoms with Gasteiger partial charge in [0.1, 0.15) is 6.61 Å². The van der Waals surface area contributed by atoms with Gasteiger partial charge in [0.05, 0.1) is 17.2 Å². The molecule has 140 valence electrons. The van der Waals surface area contributed by atoms with E-state index >= 15 is 0 Å². The van der Waals surface area contributed by atoms with Crippen molar-refractivity contribution in [2.24, 2.45) is 0 Å². The average molecular weight is 389 g/mol. The van der Waals surface area contributed by atoms with Crippen LogP contribution in [0, 0.1) is 25.2 Å². The normalized spacial score (nSPS) is 10.3. The van der Waals surface area contributed by atoms with Gasteiger partial charge in [0.25, 0.3) is 0 Å². The summed E-state index contributed by atoms with van der Waals surface area (Å²) in [6, 6.07) is 18.4. The summed E-state index contributed by atoms with van der Waals surface area (Å²) in [5, 5.41) is 9.66. The van der Waals surface area contributed by atoms with Crippen molar-refractivity contribution < 1.29 is 9.53 Å². The lowest BCUT2D eigenvalue weighted by molar-refractivity contribution is 0.0471. The van der Waals surface area contributed by atoms with E-state index in [9.17, 15) is 4.79 Å². The number of nitrogens with zero attached hydrogens (tertiary/aromatic N) is 3. The molecule has 0 aliphatic carbocycles. The van der Waals surface area contributed by atoms with Crippen molar-refractivity contribution in [2.45, 2.75) is 31.4 Å². The van der Waals surface area contributed by atoms with Crippen molar-refractivity contribution in [3.8, 4) is 6.07 Å². The summed E-state index contributed by atoms with van der Waals surface area (Å²) in [6.07, 6.45) is 0. The number of benzene rings is 2. The highest BCUT2D eigenvalue weighted by molar-refractivity contribution is 7.98. The van der Waals surface area contributed by atoms with E-state index in [-0.39, 0.29) is 12.6 Å². The zero-order valence-corrected chi connectivity index (χ0v) is 16.5. The average Bonchev–Trinajstić information content (AvgIpc) is 2.70. The number of aryl methyl sites for hydroxylation is 2. The van der Waals surface area contributed by atoms with E-state index in [1.165, 1.54) is 11.8 Å². The van der Waals surface area contributed by atoms with Gasteiger partial charge in [0.2, 0.25) is 0 Å². The van der Waals surface area contributed by atoms with Crippen molar-refractivity contribution in [1.29, 1.82) is 5.26 Å². The van der Waals surface area contributed by atoms with E-state index in [1.54, 1.807) is 24.3 Å². The number of thioether (sulfide) groups is 1. The molecule has 0 aliphatic rings. The standard InChI is InChI=1S/C22H19N3O2S/c1-15-10-16(2)25-22(24-15)28-14-19-8-3-4-9-20(19)21(26)27-13-18-7-5-6-17(11-18)12-23/h3-11H,13-14H2,1-2H3. The molecule has 0 saturated heterocycles. The molecule has 28 heavy (non-hydrogen) atoms. The van der Waals surface area contributed by atoms with E-state index in [1.807, 2.05) is 44.2 Å². The van der Waals surface area contributed by atoms with E-state index in [0.29, 0.717) is 22.0 Å². The maximum absolute atomic E-state index is 12.6. The molecule has 0 aliphatic heterocycles. The molecule has 0 radical (unpaired) electrons. The molecule has 5 nitrogen and oxygen atoms in total. The molecule has 1 heterocycles. The number of hydrogen-bond acceptors (Lipinski definition) is 6. The molecule has 2 aromatic carbocycles. The topological polar surface area (TPSA) is 75.9 Å². The lowest BCUT2D eigenvalue weighted by Gasteiger charge is -2.10. The van der Waals surface area contributed by atoms with Crippen LogP contribution in [0.25, 0.3) is 0 Å². The molecule has 0 amide bonds. The zero-order valence-electron chi connectivity index (χ0n) is 15.7. The number of rotatable bonds is 6. The van der Waals surface area contributed by atoms with Gasteiger partial charge in [-0.2, -0.15) is 5.26 Å². The van der Waals surface area contributed by atoms with Gasteiger partial charge in [-0.3, -0.25) is 0 Å². The van der Waals surface area contributed by atoms with Crippen LogP contribution < -0.4 is 0 Å². The second-order valence-corrected chi connectivity index (χ2v) is 7.21. The molecule has 0 saturated carbocycles. The number of hydrogen-bond donors (Lipinski definition) is 0. The number of nitriles is 1. The number of esters is 1. The number of ether oxygens (including phenoxy) is 1. The first kappa shape index (κ1) is 19.6. The second kappa shape index (κ2) is 9.16. The molecule has 3 rings (SSSR count). The Morgan fingerprint density at radius 1 is 1.07 bits per heavy atom. The summed E-state index contributed by atoms with van der Waals surface area (Å²) in [4.78, 5) is 21.4.